The van der Waals surface area contributed by atoms with Gasteiger partial charge in [-0.25, -0.2) is 0 Å². The lowest BCUT2D eigenvalue weighted by molar-refractivity contribution is 0.109. The first kappa shape index (κ1) is 8.21. The van der Waals surface area contributed by atoms with Gasteiger partial charge in [-0.2, -0.15) is 0 Å². The molecule has 2 unspecified atom stereocenters. The third kappa shape index (κ3) is 1.30. The third-order valence-electron chi connectivity index (χ3n) is 3.99. The number of nitrogens with two attached hydrogens (primary N) is 1. The average molecular weight is 181 g/mol. The summed E-state index contributed by atoms with van der Waals surface area (Å²) in [6, 6.07) is 3.25. The van der Waals surface area contributed by atoms with Crippen LogP contribution in [-0.4, -0.2) is 29.1 Å². The van der Waals surface area contributed by atoms with Gasteiger partial charge in [0.1, 0.15) is 0 Å². The first-order chi connectivity index (χ1) is 6.38. The molecule has 2 heterocycles. The van der Waals surface area contributed by atoms with Gasteiger partial charge in [0.15, 0.2) is 0 Å². The number of hydrogen-bond acceptors (Lipinski definition) is 3. The van der Waals surface area contributed by atoms with Gasteiger partial charge in [0, 0.05) is 24.2 Å². The van der Waals surface area contributed by atoms with Crippen molar-refractivity contribution >= 4 is 0 Å². The molecule has 0 aromatic heterocycles. The summed E-state index contributed by atoms with van der Waals surface area (Å²) in [4.78, 5) is 2.80. The molecular weight excluding hydrogens is 162 g/mol. The fourth-order valence-corrected chi connectivity index (χ4v) is 3.32. The highest BCUT2D eigenvalue weighted by Crippen LogP contribution is 2.43. The van der Waals surface area contributed by atoms with Crippen molar-refractivity contribution in [3.63, 3.8) is 0 Å². The Hall–Kier alpha value is -0.120. The van der Waals surface area contributed by atoms with Crippen molar-refractivity contribution < 1.29 is 0 Å². The number of nitrogens with one attached hydrogen (secondary N) is 1. The molecule has 3 N–H and O–H groups in total. The highest BCUT2D eigenvalue weighted by Gasteiger charge is 2.46. The van der Waals surface area contributed by atoms with Crippen LogP contribution >= 0.6 is 0 Å². The van der Waals surface area contributed by atoms with E-state index in [-0.39, 0.29) is 0 Å². The van der Waals surface area contributed by atoms with E-state index in [1.807, 2.05) is 0 Å². The zero-order chi connectivity index (χ0) is 8.84. The van der Waals surface area contributed by atoms with Gasteiger partial charge < -0.3 is 0 Å². The second kappa shape index (κ2) is 2.94. The SMILES string of the molecule is NNC1CC2CCC(C1)N2C1CC1. The van der Waals surface area contributed by atoms with Crippen molar-refractivity contribution in [1.29, 1.82) is 0 Å². The molecular formula is C10H19N3. The van der Waals surface area contributed by atoms with Crippen molar-refractivity contribution in [2.45, 2.75) is 62.7 Å². The van der Waals surface area contributed by atoms with Crippen molar-refractivity contribution in [1.82, 2.24) is 10.3 Å². The maximum absolute atomic E-state index is 5.52. The normalized spacial score (nSPS) is 45.5. The molecule has 2 aliphatic heterocycles. The topological polar surface area (TPSA) is 41.3 Å². The Kier molecular flexibility index (Phi) is 1.86. The summed E-state index contributed by atoms with van der Waals surface area (Å²) in [7, 11) is 0. The largest absolute Gasteiger partial charge is 0.294 e. The molecule has 2 atom stereocenters. The molecule has 13 heavy (non-hydrogen) atoms. The van der Waals surface area contributed by atoms with Gasteiger partial charge >= 0.3 is 0 Å². The van der Waals surface area contributed by atoms with Crippen LogP contribution in [0, 0.1) is 0 Å². The van der Waals surface area contributed by atoms with Crippen LogP contribution in [0.2, 0.25) is 0 Å². The Labute approximate surface area is 79.6 Å². The highest BCUT2D eigenvalue weighted by atomic mass is 15.3. The Bertz CT molecular complexity index is 188. The summed E-state index contributed by atoms with van der Waals surface area (Å²) in [5, 5.41) is 0. The number of hydrogen-bond donors (Lipinski definition) is 2. The average Bonchev–Trinajstić information content (AvgIpc) is 2.95. The molecule has 3 heteroatoms. The molecule has 0 radical (unpaired) electrons. The van der Waals surface area contributed by atoms with Gasteiger partial charge in [0.05, 0.1) is 0 Å². The minimum absolute atomic E-state index is 0.590. The van der Waals surface area contributed by atoms with Crippen LogP contribution < -0.4 is 11.3 Å². The molecule has 3 nitrogen and oxygen atoms in total. The lowest BCUT2D eigenvalue weighted by atomic mass is 9.98. The molecule has 1 aliphatic carbocycles. The summed E-state index contributed by atoms with van der Waals surface area (Å²) in [6.45, 7) is 0. The minimum atomic E-state index is 0.590. The van der Waals surface area contributed by atoms with Gasteiger partial charge in [0.2, 0.25) is 0 Å². The van der Waals surface area contributed by atoms with Gasteiger partial charge in [-0.05, 0) is 38.5 Å². The Morgan fingerprint density at radius 3 is 1.92 bits per heavy atom. The van der Waals surface area contributed by atoms with E-state index in [1.54, 1.807) is 0 Å². The summed E-state index contributed by atoms with van der Waals surface area (Å²) < 4.78 is 0. The molecule has 0 spiro atoms. The Morgan fingerprint density at radius 2 is 1.46 bits per heavy atom. The molecule has 74 valence electrons. The predicted octanol–water partition coefficient (Wildman–Crippen LogP) is 0.607. The molecule has 0 aromatic rings. The Balaban J connectivity index is 1.73. The van der Waals surface area contributed by atoms with E-state index < -0.39 is 0 Å². The number of rotatable bonds is 2. The van der Waals surface area contributed by atoms with Crippen LogP contribution in [0.3, 0.4) is 0 Å². The van der Waals surface area contributed by atoms with Gasteiger partial charge in [0.25, 0.3) is 0 Å². The smallest absolute Gasteiger partial charge is 0.0240 e. The van der Waals surface area contributed by atoms with Crippen LogP contribution in [0.15, 0.2) is 0 Å². The molecule has 2 bridgehead atoms. The van der Waals surface area contributed by atoms with Gasteiger partial charge in [-0.1, -0.05) is 0 Å². The number of piperidine rings is 1. The second-order valence-corrected chi connectivity index (χ2v) is 4.90. The van der Waals surface area contributed by atoms with Crippen LogP contribution in [0.1, 0.15) is 38.5 Å². The van der Waals surface area contributed by atoms with Crippen molar-refractivity contribution in [2.75, 3.05) is 0 Å². The first-order valence-electron chi connectivity index (χ1n) is 5.62. The summed E-state index contributed by atoms with van der Waals surface area (Å²) in [5.74, 6) is 5.52. The lowest BCUT2D eigenvalue weighted by Gasteiger charge is -2.38. The van der Waals surface area contributed by atoms with Crippen LogP contribution in [0.4, 0.5) is 0 Å². The van der Waals surface area contributed by atoms with E-state index in [4.69, 9.17) is 5.84 Å². The summed E-state index contributed by atoms with van der Waals surface area (Å²) in [5.41, 5.74) is 2.96. The second-order valence-electron chi connectivity index (χ2n) is 4.90. The molecule has 3 aliphatic rings. The maximum Gasteiger partial charge on any atom is 0.0240 e. The van der Waals surface area contributed by atoms with E-state index in [0.29, 0.717) is 6.04 Å². The maximum atomic E-state index is 5.52. The Morgan fingerprint density at radius 1 is 0.923 bits per heavy atom. The van der Waals surface area contributed by atoms with Crippen LogP contribution in [0.25, 0.3) is 0 Å². The number of hydrazine groups is 1. The van der Waals surface area contributed by atoms with Crippen molar-refractivity contribution in [3.05, 3.63) is 0 Å². The zero-order valence-corrected chi connectivity index (χ0v) is 8.08. The van der Waals surface area contributed by atoms with Gasteiger partial charge in [-0.15, -0.1) is 0 Å². The van der Waals surface area contributed by atoms with E-state index in [0.717, 1.165) is 18.1 Å². The predicted molar refractivity (Wildman–Crippen MR) is 52.0 cm³/mol. The fraction of sp³-hybridized carbons (Fsp3) is 1.00. The number of nitrogens with zero attached hydrogens (tertiary/aromatic N) is 1. The van der Waals surface area contributed by atoms with Crippen LogP contribution in [0.5, 0.6) is 0 Å². The van der Waals surface area contributed by atoms with Crippen LogP contribution in [-0.2, 0) is 0 Å². The number of fused-ring (bicyclic) bond motifs is 2. The molecule has 3 rings (SSSR count). The van der Waals surface area contributed by atoms with E-state index in [2.05, 4.69) is 10.3 Å². The van der Waals surface area contributed by atoms with Gasteiger partial charge in [-0.3, -0.25) is 16.2 Å². The highest BCUT2D eigenvalue weighted by molar-refractivity contribution is 5.02. The van der Waals surface area contributed by atoms with E-state index in [1.165, 1.54) is 38.5 Å². The molecule has 0 amide bonds. The van der Waals surface area contributed by atoms with Crippen molar-refractivity contribution in [3.8, 4) is 0 Å². The summed E-state index contributed by atoms with van der Waals surface area (Å²) >= 11 is 0. The van der Waals surface area contributed by atoms with E-state index in [9.17, 15) is 0 Å². The monoisotopic (exact) mass is 181 g/mol. The zero-order valence-electron chi connectivity index (χ0n) is 8.08. The molecule has 1 saturated carbocycles. The minimum Gasteiger partial charge on any atom is -0.294 e. The molecule has 0 aromatic carbocycles. The lowest BCUT2D eigenvalue weighted by Crippen LogP contribution is -2.51. The summed E-state index contributed by atoms with van der Waals surface area (Å²) in [6.07, 6.45) is 8.30. The first-order valence-corrected chi connectivity index (χ1v) is 5.62. The molecule has 3 fully saturated rings. The van der Waals surface area contributed by atoms with Crippen molar-refractivity contribution in [2.24, 2.45) is 5.84 Å². The fourth-order valence-electron chi connectivity index (χ4n) is 3.32. The van der Waals surface area contributed by atoms with E-state index >= 15 is 0 Å². The standard InChI is InChI=1S/C10H19N3/c11-12-7-5-9-3-4-10(6-7)13(9)8-1-2-8/h7-10,12H,1-6,11H2. The third-order valence-corrected chi connectivity index (χ3v) is 3.99. The quantitative estimate of drug-likeness (QED) is 0.484. The molecule has 2 saturated heterocycles.